The Bertz CT molecular complexity index is 439. The molecular formula is C15H20O3. The SMILES string of the molecule is C[C@@H]1C(=O)O[C@H]2[C@H]1CC[C@@]1(C)C=CC(=O)[C@@H](C)[C@H]21. The van der Waals surface area contributed by atoms with Gasteiger partial charge in [0.05, 0.1) is 5.92 Å². The predicted molar refractivity (Wildman–Crippen MR) is 66.7 cm³/mol. The Kier molecular flexibility index (Phi) is 2.45. The second kappa shape index (κ2) is 3.69. The molecule has 2 fully saturated rings. The van der Waals surface area contributed by atoms with E-state index in [1.807, 2.05) is 19.9 Å². The van der Waals surface area contributed by atoms with Crippen LogP contribution in [0.3, 0.4) is 0 Å². The van der Waals surface area contributed by atoms with E-state index in [9.17, 15) is 9.59 Å². The second-order valence-corrected chi connectivity index (χ2v) is 6.45. The number of ketones is 1. The summed E-state index contributed by atoms with van der Waals surface area (Å²) >= 11 is 0. The zero-order chi connectivity index (χ0) is 13.1. The zero-order valence-corrected chi connectivity index (χ0v) is 11.2. The maximum Gasteiger partial charge on any atom is 0.309 e. The van der Waals surface area contributed by atoms with E-state index in [1.165, 1.54) is 0 Å². The molecule has 6 atom stereocenters. The Morgan fingerprint density at radius 3 is 2.72 bits per heavy atom. The lowest BCUT2D eigenvalue weighted by atomic mass is 9.55. The summed E-state index contributed by atoms with van der Waals surface area (Å²) in [5.74, 6) is 0.510. The van der Waals surface area contributed by atoms with Crippen LogP contribution in [0.2, 0.25) is 0 Å². The number of allylic oxidation sites excluding steroid dienone is 2. The van der Waals surface area contributed by atoms with Gasteiger partial charge in [0, 0.05) is 17.8 Å². The standard InChI is InChI=1S/C15H20O3/c1-8-10-4-6-15(3)7-5-11(16)9(2)12(15)13(10)18-14(8)17/h5,7-10,12-13H,4,6H2,1-3H3/t8-,9+,10-,12+,13-,15-/m0/s1. The van der Waals surface area contributed by atoms with Crippen molar-refractivity contribution in [3.05, 3.63) is 12.2 Å². The number of hydrogen-bond acceptors (Lipinski definition) is 3. The highest BCUT2D eigenvalue weighted by atomic mass is 16.6. The first-order valence-electron chi connectivity index (χ1n) is 6.87. The van der Waals surface area contributed by atoms with Gasteiger partial charge in [-0.2, -0.15) is 0 Å². The van der Waals surface area contributed by atoms with Crippen molar-refractivity contribution >= 4 is 11.8 Å². The lowest BCUT2D eigenvalue weighted by Gasteiger charge is -2.49. The summed E-state index contributed by atoms with van der Waals surface area (Å²) in [5.41, 5.74) is 0.0127. The number of esters is 1. The highest BCUT2D eigenvalue weighted by Gasteiger charge is 2.57. The van der Waals surface area contributed by atoms with Crippen molar-refractivity contribution in [3.8, 4) is 0 Å². The van der Waals surface area contributed by atoms with Crippen molar-refractivity contribution in [2.75, 3.05) is 0 Å². The average Bonchev–Trinajstić information content (AvgIpc) is 2.60. The van der Waals surface area contributed by atoms with Crippen molar-refractivity contribution in [2.45, 2.75) is 39.7 Å². The topological polar surface area (TPSA) is 43.4 Å². The molecule has 0 unspecified atom stereocenters. The minimum atomic E-state index is -0.0801. The molecule has 1 saturated heterocycles. The molecular weight excluding hydrogens is 228 g/mol. The Balaban J connectivity index is 2.00. The van der Waals surface area contributed by atoms with Crippen molar-refractivity contribution in [1.82, 2.24) is 0 Å². The Morgan fingerprint density at radius 1 is 1.28 bits per heavy atom. The maximum atomic E-state index is 11.9. The van der Waals surface area contributed by atoms with E-state index in [0.29, 0.717) is 5.92 Å². The first kappa shape index (κ1) is 11.9. The summed E-state index contributed by atoms with van der Waals surface area (Å²) in [6.45, 7) is 6.14. The van der Waals surface area contributed by atoms with Crippen molar-refractivity contribution in [3.63, 3.8) is 0 Å². The summed E-state index contributed by atoms with van der Waals surface area (Å²) in [6.07, 6.45) is 5.79. The van der Waals surface area contributed by atoms with Crippen LogP contribution in [-0.4, -0.2) is 17.9 Å². The summed E-state index contributed by atoms with van der Waals surface area (Å²) in [7, 11) is 0. The van der Waals surface area contributed by atoms with Crippen molar-refractivity contribution in [2.24, 2.45) is 29.1 Å². The first-order valence-corrected chi connectivity index (χ1v) is 6.87. The minimum absolute atomic E-state index is 0.00671. The van der Waals surface area contributed by atoms with Gasteiger partial charge in [-0.1, -0.05) is 26.8 Å². The number of fused-ring (bicyclic) bond motifs is 3. The second-order valence-electron chi connectivity index (χ2n) is 6.45. The number of carbonyl (C=O) groups excluding carboxylic acids is 2. The van der Waals surface area contributed by atoms with Crippen LogP contribution in [0.1, 0.15) is 33.6 Å². The molecule has 0 bridgehead atoms. The number of carbonyl (C=O) groups is 2. The molecule has 1 saturated carbocycles. The van der Waals surface area contributed by atoms with Crippen molar-refractivity contribution in [1.29, 1.82) is 0 Å². The monoisotopic (exact) mass is 248 g/mol. The van der Waals surface area contributed by atoms with E-state index in [0.717, 1.165) is 12.8 Å². The third-order valence-corrected chi connectivity index (χ3v) is 5.44. The Morgan fingerprint density at radius 2 is 2.00 bits per heavy atom. The summed E-state index contributed by atoms with van der Waals surface area (Å²) in [6, 6.07) is 0. The van der Waals surface area contributed by atoms with Crippen LogP contribution in [-0.2, 0) is 14.3 Å². The van der Waals surface area contributed by atoms with Gasteiger partial charge in [0.2, 0.25) is 0 Å². The molecule has 18 heavy (non-hydrogen) atoms. The van der Waals surface area contributed by atoms with Crippen molar-refractivity contribution < 1.29 is 14.3 Å². The fraction of sp³-hybridized carbons (Fsp3) is 0.733. The molecule has 98 valence electrons. The van der Waals surface area contributed by atoms with Gasteiger partial charge in [-0.25, -0.2) is 0 Å². The van der Waals surface area contributed by atoms with E-state index in [1.54, 1.807) is 6.08 Å². The lowest BCUT2D eigenvalue weighted by Crippen LogP contribution is -2.50. The molecule has 0 spiro atoms. The Labute approximate surface area is 108 Å². The third-order valence-electron chi connectivity index (χ3n) is 5.44. The molecule has 3 heteroatoms. The first-order chi connectivity index (χ1) is 8.44. The molecule has 0 amide bonds. The number of hydrogen-bond donors (Lipinski definition) is 0. The summed E-state index contributed by atoms with van der Waals surface area (Å²) < 4.78 is 5.61. The van der Waals surface area contributed by atoms with Crippen LogP contribution in [0.25, 0.3) is 0 Å². The van der Waals surface area contributed by atoms with Gasteiger partial charge in [0.1, 0.15) is 6.10 Å². The normalized spacial score (nSPS) is 50.7. The van der Waals surface area contributed by atoms with Gasteiger partial charge in [0.15, 0.2) is 5.78 Å². The molecule has 0 N–H and O–H groups in total. The average molecular weight is 248 g/mol. The minimum Gasteiger partial charge on any atom is -0.461 e. The van der Waals surface area contributed by atoms with E-state index in [-0.39, 0.29) is 41.0 Å². The van der Waals surface area contributed by atoms with Crippen LogP contribution in [0.15, 0.2) is 12.2 Å². The van der Waals surface area contributed by atoms with Crippen LogP contribution >= 0.6 is 0 Å². The zero-order valence-electron chi connectivity index (χ0n) is 11.2. The molecule has 3 aliphatic rings. The largest absolute Gasteiger partial charge is 0.461 e. The number of rotatable bonds is 0. The lowest BCUT2D eigenvalue weighted by molar-refractivity contribution is -0.151. The molecule has 0 aromatic rings. The van der Waals surface area contributed by atoms with Gasteiger partial charge < -0.3 is 4.74 Å². The smallest absolute Gasteiger partial charge is 0.309 e. The van der Waals surface area contributed by atoms with Gasteiger partial charge in [-0.3, -0.25) is 9.59 Å². The fourth-order valence-corrected chi connectivity index (χ4v) is 4.21. The molecule has 1 aliphatic heterocycles. The van der Waals surface area contributed by atoms with E-state index < -0.39 is 0 Å². The van der Waals surface area contributed by atoms with E-state index in [4.69, 9.17) is 4.74 Å². The van der Waals surface area contributed by atoms with Crippen LogP contribution < -0.4 is 0 Å². The molecule has 1 heterocycles. The van der Waals surface area contributed by atoms with Gasteiger partial charge >= 0.3 is 5.97 Å². The summed E-state index contributed by atoms with van der Waals surface area (Å²) in [5, 5.41) is 0. The highest BCUT2D eigenvalue weighted by Crippen LogP contribution is 2.54. The predicted octanol–water partition coefficient (Wildman–Crippen LogP) is 2.36. The molecule has 0 radical (unpaired) electrons. The summed E-state index contributed by atoms with van der Waals surface area (Å²) in [4.78, 5) is 23.7. The fourth-order valence-electron chi connectivity index (χ4n) is 4.21. The molecule has 0 aromatic carbocycles. The quantitative estimate of drug-likeness (QED) is 0.618. The number of ether oxygens (including phenoxy) is 1. The van der Waals surface area contributed by atoms with Crippen LogP contribution in [0.5, 0.6) is 0 Å². The van der Waals surface area contributed by atoms with E-state index in [2.05, 4.69) is 6.92 Å². The van der Waals surface area contributed by atoms with Gasteiger partial charge in [0.25, 0.3) is 0 Å². The van der Waals surface area contributed by atoms with Crippen LogP contribution in [0, 0.1) is 29.1 Å². The molecule has 2 aliphatic carbocycles. The van der Waals surface area contributed by atoms with E-state index >= 15 is 0 Å². The highest BCUT2D eigenvalue weighted by molar-refractivity contribution is 5.93. The van der Waals surface area contributed by atoms with Crippen LogP contribution in [0.4, 0.5) is 0 Å². The molecule has 0 aromatic heterocycles. The third kappa shape index (κ3) is 1.42. The maximum absolute atomic E-state index is 11.9. The molecule has 3 nitrogen and oxygen atoms in total. The Hall–Kier alpha value is -1.12. The van der Waals surface area contributed by atoms with Gasteiger partial charge in [-0.15, -0.1) is 0 Å². The molecule has 3 rings (SSSR count). The van der Waals surface area contributed by atoms with Gasteiger partial charge in [-0.05, 0) is 24.3 Å².